The molecular weight excluding hydrogens is 440 g/mol. The Bertz CT molecular complexity index is 1240. The first-order valence-electron chi connectivity index (χ1n) is 11.9. The number of ether oxygens (including phenoxy) is 1. The number of nitrogens with zero attached hydrogens (tertiary/aromatic N) is 6. The van der Waals surface area contributed by atoms with Crippen LogP contribution in [0, 0.1) is 0 Å². The van der Waals surface area contributed by atoms with E-state index < -0.39 is 0 Å². The first-order chi connectivity index (χ1) is 17.3. The van der Waals surface area contributed by atoms with Crippen molar-refractivity contribution < 1.29 is 4.74 Å². The highest BCUT2D eigenvalue weighted by molar-refractivity contribution is 5.66. The molecule has 1 aliphatic heterocycles. The van der Waals surface area contributed by atoms with Crippen LogP contribution >= 0.6 is 0 Å². The highest BCUT2D eigenvalue weighted by Gasteiger charge is 2.13. The Morgan fingerprint density at radius 3 is 2.40 bits per heavy atom. The fourth-order valence-corrected chi connectivity index (χ4v) is 4.02. The average Bonchev–Trinajstić information content (AvgIpc) is 3.20. The zero-order valence-electron chi connectivity index (χ0n) is 19.7. The first kappa shape index (κ1) is 22.5. The molecule has 0 aliphatic carbocycles. The molecule has 0 saturated carbocycles. The topological polar surface area (TPSA) is 101 Å². The second kappa shape index (κ2) is 10.8. The molecule has 4 aromatic rings. The maximum absolute atomic E-state index is 6.08. The Labute approximate surface area is 204 Å². The van der Waals surface area contributed by atoms with Crippen LogP contribution in [0.3, 0.4) is 0 Å². The van der Waals surface area contributed by atoms with Crippen molar-refractivity contribution in [1.82, 2.24) is 25.1 Å². The van der Waals surface area contributed by atoms with Gasteiger partial charge in [0.15, 0.2) is 11.6 Å². The molecule has 3 aromatic heterocycles. The molecule has 35 heavy (non-hydrogen) atoms. The third-order valence-corrected chi connectivity index (χ3v) is 5.85. The Kier molecular flexibility index (Phi) is 6.93. The van der Waals surface area contributed by atoms with E-state index in [1.165, 1.54) is 25.7 Å². The summed E-state index contributed by atoms with van der Waals surface area (Å²) in [7, 11) is 1.78. The molecule has 0 unspecified atom stereocenters. The summed E-state index contributed by atoms with van der Waals surface area (Å²) in [6, 6.07) is 17.3. The fraction of sp³-hybridized carbons (Fsp3) is 0.269. The lowest BCUT2D eigenvalue weighted by Crippen LogP contribution is -2.25. The van der Waals surface area contributed by atoms with Gasteiger partial charge in [-0.05, 0) is 67.4 Å². The van der Waals surface area contributed by atoms with Crippen LogP contribution in [0.1, 0.15) is 25.7 Å². The van der Waals surface area contributed by atoms with E-state index in [9.17, 15) is 0 Å². The van der Waals surface area contributed by atoms with Gasteiger partial charge in [-0.25, -0.2) is 15.0 Å². The van der Waals surface area contributed by atoms with Gasteiger partial charge in [0.1, 0.15) is 5.75 Å². The molecule has 1 aromatic carbocycles. The summed E-state index contributed by atoms with van der Waals surface area (Å²) < 4.78 is 6.08. The van der Waals surface area contributed by atoms with Gasteiger partial charge in [0, 0.05) is 38.2 Å². The molecule has 0 amide bonds. The molecule has 178 valence electrons. The molecule has 1 fully saturated rings. The number of hydrogen-bond acceptors (Lipinski definition) is 9. The third kappa shape index (κ3) is 5.63. The van der Waals surface area contributed by atoms with E-state index in [0.717, 1.165) is 35.9 Å². The molecule has 1 aliphatic rings. The van der Waals surface area contributed by atoms with Crippen molar-refractivity contribution in [3.8, 4) is 22.9 Å². The minimum Gasteiger partial charge on any atom is -0.438 e. The molecule has 0 atom stereocenters. The summed E-state index contributed by atoms with van der Waals surface area (Å²) in [5, 5.41) is 15.1. The van der Waals surface area contributed by atoms with E-state index in [0.29, 0.717) is 23.4 Å². The predicted octanol–water partition coefficient (Wildman–Crippen LogP) is 5.29. The number of hydrogen-bond donors (Lipinski definition) is 2. The lowest BCUT2D eigenvalue weighted by molar-refractivity contribution is 0.465. The first-order valence-corrected chi connectivity index (χ1v) is 11.9. The van der Waals surface area contributed by atoms with E-state index in [1.807, 2.05) is 54.6 Å². The van der Waals surface area contributed by atoms with Crippen LogP contribution in [-0.2, 0) is 0 Å². The van der Waals surface area contributed by atoms with Crippen molar-refractivity contribution in [2.24, 2.45) is 0 Å². The average molecular weight is 469 g/mol. The normalized spacial score (nSPS) is 13.7. The quantitative estimate of drug-likeness (QED) is 0.375. The monoisotopic (exact) mass is 468 g/mol. The van der Waals surface area contributed by atoms with Gasteiger partial charge in [-0.2, -0.15) is 0 Å². The van der Waals surface area contributed by atoms with Crippen molar-refractivity contribution in [3.05, 3.63) is 67.0 Å². The second-order valence-electron chi connectivity index (χ2n) is 8.30. The van der Waals surface area contributed by atoms with Gasteiger partial charge >= 0.3 is 0 Å². The maximum Gasteiger partial charge on any atom is 0.228 e. The molecule has 0 bridgehead atoms. The molecule has 9 heteroatoms. The second-order valence-corrected chi connectivity index (χ2v) is 8.30. The van der Waals surface area contributed by atoms with E-state index in [1.54, 1.807) is 19.4 Å². The molecule has 0 spiro atoms. The van der Waals surface area contributed by atoms with Crippen molar-refractivity contribution in [2.75, 3.05) is 35.7 Å². The van der Waals surface area contributed by atoms with Gasteiger partial charge in [0.05, 0.1) is 11.3 Å². The van der Waals surface area contributed by atoms with Crippen LogP contribution in [0.5, 0.6) is 11.6 Å². The number of benzene rings is 1. The number of aromatic nitrogens is 5. The van der Waals surface area contributed by atoms with Crippen LogP contribution in [0.15, 0.2) is 67.0 Å². The Morgan fingerprint density at radius 2 is 1.66 bits per heavy atom. The smallest absolute Gasteiger partial charge is 0.228 e. The van der Waals surface area contributed by atoms with Gasteiger partial charge in [-0.1, -0.05) is 12.8 Å². The largest absolute Gasteiger partial charge is 0.438 e. The van der Waals surface area contributed by atoms with E-state index >= 15 is 0 Å². The van der Waals surface area contributed by atoms with Crippen LogP contribution in [0.2, 0.25) is 0 Å². The molecule has 5 rings (SSSR count). The lowest BCUT2D eigenvalue weighted by atomic mass is 10.2. The zero-order valence-corrected chi connectivity index (χ0v) is 19.7. The molecule has 4 heterocycles. The SMILES string of the molecule is CNc1nccc(-c2cccnc2Oc2ccc(Nc3ccc(N4CCCCCC4)nn3)cc2)n1. The summed E-state index contributed by atoms with van der Waals surface area (Å²) in [5.41, 5.74) is 2.41. The fourth-order valence-electron chi connectivity index (χ4n) is 4.02. The van der Waals surface area contributed by atoms with Crippen LogP contribution < -0.4 is 20.3 Å². The molecule has 2 N–H and O–H groups in total. The van der Waals surface area contributed by atoms with Crippen molar-refractivity contribution >= 4 is 23.3 Å². The summed E-state index contributed by atoms with van der Waals surface area (Å²) >= 11 is 0. The van der Waals surface area contributed by atoms with Crippen LogP contribution in [0.4, 0.5) is 23.3 Å². The van der Waals surface area contributed by atoms with Crippen LogP contribution in [0.25, 0.3) is 11.3 Å². The van der Waals surface area contributed by atoms with E-state index in [2.05, 4.69) is 40.7 Å². The number of pyridine rings is 1. The summed E-state index contributed by atoms with van der Waals surface area (Å²) in [5.74, 6) is 3.33. The van der Waals surface area contributed by atoms with Gasteiger partial charge in [0.25, 0.3) is 0 Å². The highest BCUT2D eigenvalue weighted by Crippen LogP contribution is 2.31. The molecule has 0 radical (unpaired) electrons. The minimum atomic E-state index is 0.476. The third-order valence-electron chi connectivity index (χ3n) is 5.85. The predicted molar refractivity (Wildman–Crippen MR) is 137 cm³/mol. The highest BCUT2D eigenvalue weighted by atomic mass is 16.5. The lowest BCUT2D eigenvalue weighted by Gasteiger charge is -2.20. The van der Waals surface area contributed by atoms with Crippen molar-refractivity contribution in [1.29, 1.82) is 0 Å². The minimum absolute atomic E-state index is 0.476. The summed E-state index contributed by atoms with van der Waals surface area (Å²) in [6.07, 6.45) is 8.42. The zero-order chi connectivity index (χ0) is 23.9. The standard InChI is InChI=1S/C26H28N8O/c1-27-26-29-16-14-22(31-26)21-7-6-15-28-25(21)35-20-10-8-19(9-11-20)30-23-12-13-24(33-32-23)34-17-4-2-3-5-18-34/h6-16H,2-5,17-18H2,1H3,(H,30,32)(H,27,29,31). The Morgan fingerprint density at radius 1 is 0.829 bits per heavy atom. The Hall–Kier alpha value is -4.27. The maximum atomic E-state index is 6.08. The van der Waals surface area contributed by atoms with Gasteiger partial charge in [-0.3, -0.25) is 0 Å². The van der Waals surface area contributed by atoms with Crippen molar-refractivity contribution in [2.45, 2.75) is 25.7 Å². The van der Waals surface area contributed by atoms with Crippen molar-refractivity contribution in [3.63, 3.8) is 0 Å². The van der Waals surface area contributed by atoms with Gasteiger partial charge in [-0.15, -0.1) is 10.2 Å². The molecule has 1 saturated heterocycles. The van der Waals surface area contributed by atoms with Crippen LogP contribution in [-0.4, -0.2) is 45.3 Å². The van der Waals surface area contributed by atoms with Gasteiger partial charge in [0.2, 0.25) is 11.8 Å². The van der Waals surface area contributed by atoms with E-state index in [-0.39, 0.29) is 0 Å². The van der Waals surface area contributed by atoms with Gasteiger partial charge < -0.3 is 20.3 Å². The van der Waals surface area contributed by atoms with E-state index in [4.69, 9.17) is 4.74 Å². The molecular formula is C26H28N8O. The number of nitrogens with one attached hydrogen (secondary N) is 2. The molecule has 9 nitrogen and oxygen atoms in total. The summed E-state index contributed by atoms with van der Waals surface area (Å²) in [6.45, 7) is 2.10. The summed E-state index contributed by atoms with van der Waals surface area (Å²) in [4.78, 5) is 15.4. The number of rotatable bonds is 7. The number of anilines is 4. The Balaban J connectivity index is 1.25.